The van der Waals surface area contributed by atoms with E-state index in [9.17, 15) is 9.59 Å². The molecule has 0 spiro atoms. The van der Waals surface area contributed by atoms with Crippen molar-refractivity contribution in [2.45, 2.75) is 25.3 Å². The Morgan fingerprint density at radius 3 is 2.86 bits per heavy atom. The molecule has 0 aromatic heterocycles. The van der Waals surface area contributed by atoms with Gasteiger partial charge in [-0.2, -0.15) is 0 Å². The van der Waals surface area contributed by atoms with E-state index in [1.54, 1.807) is 18.2 Å². The molecule has 114 valence electrons. The first-order valence-corrected chi connectivity index (χ1v) is 7.74. The normalized spacial score (nSPS) is 21.0. The molecule has 5 nitrogen and oxygen atoms in total. The zero-order valence-electron chi connectivity index (χ0n) is 11.1. The topological polar surface area (TPSA) is 75.6 Å². The number of amides is 1. The first-order chi connectivity index (χ1) is 9.97. The van der Waals surface area contributed by atoms with Gasteiger partial charge in [-0.3, -0.25) is 9.59 Å². The fourth-order valence-corrected chi connectivity index (χ4v) is 3.14. The number of carboxylic acids is 1. The maximum absolute atomic E-state index is 11.8. The van der Waals surface area contributed by atoms with Crippen molar-refractivity contribution >= 4 is 39.4 Å². The molecular weight excluding hydrogens is 362 g/mol. The molecule has 1 aliphatic carbocycles. The third-order valence-electron chi connectivity index (χ3n) is 3.43. The average molecular weight is 377 g/mol. The Hall–Kier alpha value is -1.27. The standard InChI is InChI=1S/C14H15BrClNO4/c15-8-4-5-12(10(16)6-8)21-7-13(18)17-11-3-1-2-9(11)14(19)20/h4-6,9,11H,1-3,7H2,(H,17,18)(H,19,20). The van der Waals surface area contributed by atoms with Gasteiger partial charge in [-0.15, -0.1) is 0 Å². The molecular formula is C14H15BrClNO4. The number of nitrogens with one attached hydrogen (secondary N) is 1. The van der Waals surface area contributed by atoms with Gasteiger partial charge >= 0.3 is 5.97 Å². The molecule has 1 amide bonds. The summed E-state index contributed by atoms with van der Waals surface area (Å²) in [6, 6.07) is 4.77. The number of carboxylic acid groups (broad SMARTS) is 1. The van der Waals surface area contributed by atoms with Crippen molar-refractivity contribution in [2.24, 2.45) is 5.92 Å². The Labute approximate surface area is 135 Å². The first kappa shape index (κ1) is 16.1. The van der Waals surface area contributed by atoms with Crippen molar-refractivity contribution in [3.63, 3.8) is 0 Å². The highest BCUT2D eigenvalue weighted by molar-refractivity contribution is 9.10. The summed E-state index contributed by atoms with van der Waals surface area (Å²) in [5.41, 5.74) is 0. The molecule has 1 aliphatic rings. The second kappa shape index (κ2) is 7.13. The van der Waals surface area contributed by atoms with Crippen molar-refractivity contribution in [1.82, 2.24) is 5.32 Å². The SMILES string of the molecule is O=C(COc1ccc(Br)cc1Cl)NC1CCCC1C(=O)O. The highest BCUT2D eigenvalue weighted by Crippen LogP contribution is 2.28. The van der Waals surface area contributed by atoms with Gasteiger partial charge in [0.25, 0.3) is 5.91 Å². The van der Waals surface area contributed by atoms with E-state index in [1.807, 2.05) is 0 Å². The summed E-state index contributed by atoms with van der Waals surface area (Å²) in [5, 5.41) is 12.2. The monoisotopic (exact) mass is 375 g/mol. The van der Waals surface area contributed by atoms with Gasteiger partial charge in [0, 0.05) is 10.5 Å². The summed E-state index contributed by atoms with van der Waals surface area (Å²) in [6.07, 6.45) is 2.09. The van der Waals surface area contributed by atoms with Crippen LogP contribution in [0.25, 0.3) is 0 Å². The molecule has 2 rings (SSSR count). The Morgan fingerprint density at radius 2 is 2.19 bits per heavy atom. The quantitative estimate of drug-likeness (QED) is 0.828. The van der Waals surface area contributed by atoms with Gasteiger partial charge in [0.2, 0.25) is 0 Å². The minimum Gasteiger partial charge on any atom is -0.482 e. The van der Waals surface area contributed by atoms with Gasteiger partial charge < -0.3 is 15.2 Å². The van der Waals surface area contributed by atoms with Crippen LogP contribution in [0.3, 0.4) is 0 Å². The van der Waals surface area contributed by atoms with Gasteiger partial charge in [-0.05, 0) is 31.0 Å². The second-order valence-electron chi connectivity index (χ2n) is 4.91. The molecule has 1 fully saturated rings. The number of rotatable bonds is 5. The van der Waals surface area contributed by atoms with E-state index in [4.69, 9.17) is 21.4 Å². The first-order valence-electron chi connectivity index (χ1n) is 6.57. The highest BCUT2D eigenvalue weighted by atomic mass is 79.9. The molecule has 1 aromatic rings. The van der Waals surface area contributed by atoms with E-state index in [2.05, 4.69) is 21.2 Å². The van der Waals surface area contributed by atoms with Crippen LogP contribution in [0.5, 0.6) is 5.75 Å². The Bertz CT molecular complexity index is 552. The maximum atomic E-state index is 11.8. The van der Waals surface area contributed by atoms with Crippen LogP contribution in [-0.4, -0.2) is 29.6 Å². The molecule has 0 aliphatic heterocycles. The third-order valence-corrected chi connectivity index (χ3v) is 4.22. The van der Waals surface area contributed by atoms with E-state index in [-0.39, 0.29) is 18.6 Å². The van der Waals surface area contributed by atoms with Gasteiger partial charge in [-0.1, -0.05) is 34.0 Å². The number of hydrogen-bond donors (Lipinski definition) is 2. The lowest BCUT2D eigenvalue weighted by Crippen LogP contribution is -2.42. The van der Waals surface area contributed by atoms with Crippen LogP contribution < -0.4 is 10.1 Å². The smallest absolute Gasteiger partial charge is 0.308 e. The second-order valence-corrected chi connectivity index (χ2v) is 6.24. The van der Waals surface area contributed by atoms with Crippen LogP contribution in [0.4, 0.5) is 0 Å². The summed E-state index contributed by atoms with van der Waals surface area (Å²) in [5.74, 6) is -1.30. The number of ether oxygens (including phenoxy) is 1. The lowest BCUT2D eigenvalue weighted by Gasteiger charge is -2.17. The van der Waals surface area contributed by atoms with Gasteiger partial charge in [0.05, 0.1) is 10.9 Å². The van der Waals surface area contributed by atoms with Crippen LogP contribution in [-0.2, 0) is 9.59 Å². The molecule has 21 heavy (non-hydrogen) atoms. The van der Waals surface area contributed by atoms with E-state index in [1.165, 1.54) is 0 Å². The third kappa shape index (κ3) is 4.35. The van der Waals surface area contributed by atoms with Crippen molar-refractivity contribution in [3.05, 3.63) is 27.7 Å². The maximum Gasteiger partial charge on any atom is 0.308 e. The molecule has 2 atom stereocenters. The number of hydrogen-bond acceptors (Lipinski definition) is 3. The van der Waals surface area contributed by atoms with Crippen LogP contribution in [0, 0.1) is 5.92 Å². The van der Waals surface area contributed by atoms with Crippen molar-refractivity contribution < 1.29 is 19.4 Å². The summed E-state index contributed by atoms with van der Waals surface area (Å²) in [4.78, 5) is 22.9. The van der Waals surface area contributed by atoms with Crippen molar-refractivity contribution in [1.29, 1.82) is 0 Å². The number of aliphatic carboxylic acids is 1. The summed E-state index contributed by atoms with van der Waals surface area (Å²) >= 11 is 9.26. The van der Waals surface area contributed by atoms with Crippen LogP contribution in [0.2, 0.25) is 5.02 Å². The van der Waals surface area contributed by atoms with E-state index in [0.717, 1.165) is 10.9 Å². The molecule has 0 bridgehead atoms. The average Bonchev–Trinajstić information content (AvgIpc) is 2.86. The number of halogens is 2. The van der Waals surface area contributed by atoms with Gasteiger partial charge in [-0.25, -0.2) is 0 Å². The summed E-state index contributed by atoms with van der Waals surface area (Å²) in [6.45, 7) is -0.190. The number of carbonyl (C=O) groups excluding carboxylic acids is 1. The van der Waals surface area contributed by atoms with Crippen LogP contribution >= 0.6 is 27.5 Å². The van der Waals surface area contributed by atoms with Crippen LogP contribution in [0.15, 0.2) is 22.7 Å². The van der Waals surface area contributed by atoms with Gasteiger partial charge in [0.1, 0.15) is 5.75 Å². The fourth-order valence-electron chi connectivity index (χ4n) is 2.41. The minimum absolute atomic E-state index is 0.190. The fraction of sp³-hybridized carbons (Fsp3) is 0.429. The molecule has 1 saturated carbocycles. The van der Waals surface area contributed by atoms with E-state index in [0.29, 0.717) is 23.6 Å². The molecule has 1 aromatic carbocycles. The van der Waals surface area contributed by atoms with Crippen molar-refractivity contribution in [2.75, 3.05) is 6.61 Å². The Morgan fingerprint density at radius 1 is 1.43 bits per heavy atom. The van der Waals surface area contributed by atoms with E-state index < -0.39 is 11.9 Å². The Kier molecular flexibility index (Phi) is 5.47. The summed E-state index contributed by atoms with van der Waals surface area (Å²) in [7, 11) is 0. The molecule has 0 saturated heterocycles. The zero-order chi connectivity index (χ0) is 15.4. The predicted octanol–water partition coefficient (Wildman–Crippen LogP) is 2.85. The highest BCUT2D eigenvalue weighted by Gasteiger charge is 2.33. The molecule has 0 heterocycles. The Balaban J connectivity index is 1.86. The number of benzene rings is 1. The number of carbonyl (C=O) groups is 2. The summed E-state index contributed by atoms with van der Waals surface area (Å²) < 4.78 is 6.17. The lowest BCUT2D eigenvalue weighted by atomic mass is 10.0. The van der Waals surface area contributed by atoms with E-state index >= 15 is 0 Å². The van der Waals surface area contributed by atoms with Crippen LogP contribution in [0.1, 0.15) is 19.3 Å². The molecule has 2 N–H and O–H groups in total. The predicted molar refractivity (Wildman–Crippen MR) is 81.6 cm³/mol. The minimum atomic E-state index is -0.866. The van der Waals surface area contributed by atoms with Crippen molar-refractivity contribution in [3.8, 4) is 5.75 Å². The zero-order valence-corrected chi connectivity index (χ0v) is 13.5. The molecule has 2 unspecified atom stereocenters. The largest absolute Gasteiger partial charge is 0.482 e. The molecule has 0 radical (unpaired) electrons. The molecule has 7 heteroatoms. The lowest BCUT2D eigenvalue weighted by molar-refractivity contribution is -0.142. The van der Waals surface area contributed by atoms with Gasteiger partial charge in [0.15, 0.2) is 6.61 Å².